The third kappa shape index (κ3) is 3.09. The van der Waals surface area contributed by atoms with Gasteiger partial charge in [0.2, 0.25) is 5.72 Å². The van der Waals surface area contributed by atoms with Gasteiger partial charge in [0.05, 0.1) is 6.61 Å². The lowest BCUT2D eigenvalue weighted by atomic mass is 9.99. The lowest BCUT2D eigenvalue weighted by molar-refractivity contribution is -0.169. The highest BCUT2D eigenvalue weighted by Gasteiger charge is 2.42. The van der Waals surface area contributed by atoms with Crippen molar-refractivity contribution in [1.29, 1.82) is 0 Å². The van der Waals surface area contributed by atoms with Crippen LogP contribution in [0.5, 0.6) is 5.75 Å². The van der Waals surface area contributed by atoms with Crippen LogP contribution in [0.2, 0.25) is 0 Å². The van der Waals surface area contributed by atoms with E-state index < -0.39 is 5.72 Å². The van der Waals surface area contributed by atoms with Gasteiger partial charge in [-0.1, -0.05) is 54.6 Å². The van der Waals surface area contributed by atoms with Gasteiger partial charge in [0.1, 0.15) is 12.4 Å². The Balaban J connectivity index is 1.79. The highest BCUT2D eigenvalue weighted by Crippen LogP contribution is 2.38. The Labute approximate surface area is 154 Å². The molecule has 26 heavy (non-hydrogen) atoms. The normalized spacial score (nSPS) is 20.7. The number of likely N-dealkylation sites (N-methyl/N-ethyl adjacent to an activating group) is 1. The average Bonchev–Trinajstić information content (AvgIpc) is 2.71. The Morgan fingerprint density at radius 3 is 2.58 bits per heavy atom. The Morgan fingerprint density at radius 1 is 1.00 bits per heavy atom. The molecule has 0 spiro atoms. The summed E-state index contributed by atoms with van der Waals surface area (Å²) in [5.74, 6) is 0.821. The molecule has 4 heteroatoms. The third-order valence-corrected chi connectivity index (χ3v) is 4.85. The summed E-state index contributed by atoms with van der Waals surface area (Å²) in [7, 11) is 2.09. The number of rotatable bonds is 4. The number of aromatic nitrogens is 1. The molecule has 3 aromatic rings. The van der Waals surface area contributed by atoms with Crippen molar-refractivity contribution in [3.63, 3.8) is 0 Å². The van der Waals surface area contributed by atoms with Crippen molar-refractivity contribution in [1.82, 2.24) is 9.88 Å². The maximum absolute atomic E-state index is 6.70. The number of morpholine rings is 1. The molecule has 1 atom stereocenters. The summed E-state index contributed by atoms with van der Waals surface area (Å²) in [5.41, 5.74) is 2.49. The summed E-state index contributed by atoms with van der Waals surface area (Å²) in [6, 6.07) is 22.4. The molecule has 0 bridgehead atoms. The molecule has 0 saturated carbocycles. The van der Waals surface area contributed by atoms with Crippen molar-refractivity contribution >= 4 is 0 Å². The number of hydrogen-bond acceptors (Lipinski definition) is 4. The van der Waals surface area contributed by atoms with E-state index in [4.69, 9.17) is 9.47 Å². The van der Waals surface area contributed by atoms with Crippen LogP contribution in [0.25, 0.3) is 11.1 Å². The fourth-order valence-corrected chi connectivity index (χ4v) is 3.37. The summed E-state index contributed by atoms with van der Waals surface area (Å²) < 4.78 is 12.5. The Bertz CT molecular complexity index is 854. The molecule has 1 fully saturated rings. The molecule has 132 valence electrons. The number of nitrogens with zero attached hydrogens (tertiary/aromatic N) is 2. The first kappa shape index (κ1) is 16.8. The molecule has 2 heterocycles. The summed E-state index contributed by atoms with van der Waals surface area (Å²) in [4.78, 5) is 6.48. The number of pyridine rings is 1. The molecule has 1 unspecified atom stereocenters. The second-order valence-electron chi connectivity index (χ2n) is 6.46. The molecule has 1 saturated heterocycles. The van der Waals surface area contributed by atoms with Crippen LogP contribution < -0.4 is 4.74 Å². The van der Waals surface area contributed by atoms with E-state index in [0.29, 0.717) is 13.2 Å². The van der Waals surface area contributed by atoms with E-state index in [1.54, 1.807) is 6.20 Å². The molecule has 1 aromatic heterocycles. The van der Waals surface area contributed by atoms with Crippen molar-refractivity contribution in [3.8, 4) is 16.9 Å². The fourth-order valence-electron chi connectivity index (χ4n) is 3.37. The van der Waals surface area contributed by atoms with Crippen molar-refractivity contribution < 1.29 is 9.47 Å². The van der Waals surface area contributed by atoms with Crippen LogP contribution in [0.1, 0.15) is 5.56 Å². The zero-order valence-corrected chi connectivity index (χ0v) is 14.8. The zero-order chi connectivity index (χ0) is 17.8. The van der Waals surface area contributed by atoms with Crippen LogP contribution in [-0.2, 0) is 10.5 Å². The molecular formula is C22H22N2O2. The molecule has 0 amide bonds. The van der Waals surface area contributed by atoms with Crippen LogP contribution in [-0.4, -0.2) is 36.7 Å². The molecule has 4 rings (SSSR count). The van der Waals surface area contributed by atoms with Gasteiger partial charge in [0.15, 0.2) is 0 Å². The summed E-state index contributed by atoms with van der Waals surface area (Å²) in [5, 5.41) is 0. The lowest BCUT2D eigenvalue weighted by Crippen LogP contribution is -2.56. The third-order valence-electron chi connectivity index (χ3n) is 4.85. The highest BCUT2D eigenvalue weighted by molar-refractivity contribution is 5.69. The van der Waals surface area contributed by atoms with Crippen LogP contribution in [0.4, 0.5) is 0 Å². The minimum absolute atomic E-state index is 0.481. The van der Waals surface area contributed by atoms with Gasteiger partial charge in [0.25, 0.3) is 0 Å². The second kappa shape index (κ2) is 7.28. The maximum atomic E-state index is 6.70. The zero-order valence-electron chi connectivity index (χ0n) is 14.8. The van der Waals surface area contributed by atoms with Crippen molar-refractivity contribution in [2.45, 2.75) is 5.72 Å². The average molecular weight is 346 g/mol. The molecule has 0 radical (unpaired) electrons. The topological polar surface area (TPSA) is 34.6 Å². The van der Waals surface area contributed by atoms with Crippen LogP contribution >= 0.6 is 0 Å². The minimum atomic E-state index is -0.655. The quantitative estimate of drug-likeness (QED) is 0.717. The fraction of sp³-hybridized carbons (Fsp3) is 0.227. The van der Waals surface area contributed by atoms with E-state index in [1.165, 1.54) is 0 Å². The Morgan fingerprint density at radius 2 is 1.81 bits per heavy atom. The van der Waals surface area contributed by atoms with Gasteiger partial charge < -0.3 is 9.47 Å². The van der Waals surface area contributed by atoms with Gasteiger partial charge in [0, 0.05) is 35.6 Å². The van der Waals surface area contributed by atoms with Crippen molar-refractivity contribution in [2.24, 2.45) is 0 Å². The van der Waals surface area contributed by atoms with Gasteiger partial charge >= 0.3 is 0 Å². The molecule has 0 N–H and O–H groups in total. The molecule has 0 aliphatic carbocycles. The van der Waals surface area contributed by atoms with E-state index in [9.17, 15) is 0 Å². The van der Waals surface area contributed by atoms with E-state index >= 15 is 0 Å². The standard InChI is InChI=1S/C22H22N2O2/c1-24-14-15-25-17-22(24,19-9-3-2-4-10-19)26-21-12-6-5-11-20(21)18-8-7-13-23-16-18/h2-13,16H,14-15,17H2,1H3. The van der Waals surface area contributed by atoms with E-state index in [-0.39, 0.29) is 0 Å². The first-order chi connectivity index (χ1) is 12.8. The summed E-state index contributed by atoms with van der Waals surface area (Å²) in [6.45, 7) is 2.00. The van der Waals surface area contributed by atoms with Crippen molar-refractivity contribution in [2.75, 3.05) is 26.8 Å². The first-order valence-corrected chi connectivity index (χ1v) is 8.82. The number of benzene rings is 2. The smallest absolute Gasteiger partial charge is 0.212 e. The van der Waals surface area contributed by atoms with Gasteiger partial charge in [-0.3, -0.25) is 9.88 Å². The maximum Gasteiger partial charge on any atom is 0.212 e. The monoisotopic (exact) mass is 346 g/mol. The van der Waals surface area contributed by atoms with Crippen LogP contribution in [0.15, 0.2) is 79.1 Å². The predicted molar refractivity (Wildman–Crippen MR) is 102 cm³/mol. The van der Waals surface area contributed by atoms with E-state index in [0.717, 1.165) is 29.0 Å². The van der Waals surface area contributed by atoms with Gasteiger partial charge in [-0.25, -0.2) is 0 Å². The van der Waals surface area contributed by atoms with E-state index in [2.05, 4.69) is 35.1 Å². The summed E-state index contributed by atoms with van der Waals surface area (Å²) >= 11 is 0. The van der Waals surface area contributed by atoms with Gasteiger partial charge in [-0.05, 0) is 19.2 Å². The summed E-state index contributed by atoms with van der Waals surface area (Å²) in [6.07, 6.45) is 3.64. The molecule has 1 aliphatic heterocycles. The SMILES string of the molecule is CN1CCOCC1(Oc1ccccc1-c1cccnc1)c1ccccc1. The van der Waals surface area contributed by atoms with Crippen LogP contribution in [0, 0.1) is 0 Å². The Hall–Kier alpha value is -2.69. The van der Waals surface area contributed by atoms with Gasteiger partial charge in [-0.15, -0.1) is 0 Å². The second-order valence-corrected chi connectivity index (χ2v) is 6.46. The molecular weight excluding hydrogens is 324 g/mol. The Kier molecular flexibility index (Phi) is 4.69. The minimum Gasteiger partial charge on any atom is -0.465 e. The van der Waals surface area contributed by atoms with E-state index in [1.807, 2.05) is 54.7 Å². The highest BCUT2D eigenvalue weighted by atomic mass is 16.6. The first-order valence-electron chi connectivity index (χ1n) is 8.82. The van der Waals surface area contributed by atoms with Crippen LogP contribution in [0.3, 0.4) is 0 Å². The lowest BCUT2D eigenvalue weighted by Gasteiger charge is -2.45. The molecule has 2 aromatic carbocycles. The number of hydrogen-bond donors (Lipinski definition) is 0. The van der Waals surface area contributed by atoms with Crippen molar-refractivity contribution in [3.05, 3.63) is 84.7 Å². The molecule has 4 nitrogen and oxygen atoms in total. The number of para-hydroxylation sites is 1. The number of ether oxygens (including phenoxy) is 2. The largest absolute Gasteiger partial charge is 0.465 e. The van der Waals surface area contributed by atoms with Gasteiger partial charge in [-0.2, -0.15) is 0 Å². The molecule has 1 aliphatic rings. The predicted octanol–water partition coefficient (Wildman–Crippen LogP) is 3.94.